The van der Waals surface area contributed by atoms with Gasteiger partial charge in [0, 0.05) is 25.8 Å². The van der Waals surface area contributed by atoms with Crippen molar-refractivity contribution < 1.29 is 24.5 Å². The van der Waals surface area contributed by atoms with Crippen molar-refractivity contribution in [3.8, 4) is 23.0 Å². The minimum absolute atomic E-state index is 0.0620. The Morgan fingerprint density at radius 2 is 1.96 bits per heavy atom. The average Bonchev–Trinajstić information content (AvgIpc) is 2.64. The number of halogens is 1. The predicted octanol–water partition coefficient (Wildman–Crippen LogP) is 3.74. The Kier molecular flexibility index (Phi) is 7.86. The van der Waals surface area contributed by atoms with Gasteiger partial charge in [0.2, 0.25) is 0 Å². The number of thiocarbonyl (C=S) groups is 1. The second kappa shape index (κ2) is 10.1. The van der Waals surface area contributed by atoms with Crippen LogP contribution in [0.4, 0.5) is 5.69 Å². The number of aromatic hydroxyl groups is 2. The number of phenols is 2. The molecule has 0 radical (unpaired) electrons. The SMILES string of the molecule is COCCC(C=O)NC(=S)Nc1cc(Oc2ccc(C)cc2O)c(O)cc1Cl. The molecule has 7 nitrogen and oxygen atoms in total. The van der Waals surface area contributed by atoms with E-state index in [9.17, 15) is 15.0 Å². The normalized spacial score (nSPS) is 11.5. The highest BCUT2D eigenvalue weighted by Crippen LogP contribution is 2.40. The van der Waals surface area contributed by atoms with Crippen LogP contribution in [-0.4, -0.2) is 41.4 Å². The Labute approximate surface area is 173 Å². The maximum atomic E-state index is 11.1. The zero-order valence-electron chi connectivity index (χ0n) is 15.4. The number of nitrogens with one attached hydrogen (secondary N) is 2. The summed E-state index contributed by atoms with van der Waals surface area (Å²) in [4.78, 5) is 11.1. The topological polar surface area (TPSA) is 100 Å². The first-order valence-electron chi connectivity index (χ1n) is 8.35. The van der Waals surface area contributed by atoms with Crippen LogP contribution in [-0.2, 0) is 9.53 Å². The highest BCUT2D eigenvalue weighted by Gasteiger charge is 2.14. The number of aryl methyl sites for hydroxylation is 1. The summed E-state index contributed by atoms with van der Waals surface area (Å²) < 4.78 is 10.5. The zero-order valence-corrected chi connectivity index (χ0v) is 16.9. The molecule has 0 aliphatic carbocycles. The number of benzene rings is 2. The molecule has 150 valence electrons. The van der Waals surface area contributed by atoms with Crippen molar-refractivity contribution in [3.05, 3.63) is 40.9 Å². The van der Waals surface area contributed by atoms with Gasteiger partial charge in [-0.05, 0) is 43.3 Å². The van der Waals surface area contributed by atoms with Gasteiger partial charge >= 0.3 is 0 Å². The number of carbonyl (C=O) groups excluding carboxylic acids is 1. The van der Waals surface area contributed by atoms with Crippen molar-refractivity contribution in [2.45, 2.75) is 19.4 Å². The highest BCUT2D eigenvalue weighted by atomic mass is 35.5. The molecule has 2 rings (SSSR count). The molecule has 0 aliphatic rings. The van der Waals surface area contributed by atoms with Gasteiger partial charge in [-0.1, -0.05) is 17.7 Å². The summed E-state index contributed by atoms with van der Waals surface area (Å²) in [5.74, 6) is -0.0242. The molecule has 0 amide bonds. The molecule has 0 saturated heterocycles. The van der Waals surface area contributed by atoms with Crippen LogP contribution in [0.2, 0.25) is 5.02 Å². The standard InChI is InChI=1S/C19H21ClN2O5S/c1-11-3-4-17(15(24)7-11)27-18-9-14(13(20)8-16(18)25)22-19(28)21-12(10-23)5-6-26-2/h3-4,7-10,12,24-25H,5-6H2,1-2H3,(H2,21,22,28). The number of aldehydes is 1. The molecule has 0 saturated carbocycles. The molecular formula is C19H21ClN2O5S. The van der Waals surface area contributed by atoms with Gasteiger partial charge < -0.3 is 35.1 Å². The number of anilines is 1. The third kappa shape index (κ3) is 5.98. The first kappa shape index (κ1) is 21.7. The molecule has 1 atom stereocenters. The second-order valence-corrected chi connectivity index (χ2v) is 6.81. The third-order valence-corrected chi connectivity index (χ3v) is 4.28. The van der Waals surface area contributed by atoms with Crippen LogP contribution in [0.3, 0.4) is 0 Å². The molecule has 0 aromatic heterocycles. The lowest BCUT2D eigenvalue weighted by Crippen LogP contribution is -2.39. The smallest absolute Gasteiger partial charge is 0.171 e. The van der Waals surface area contributed by atoms with Crippen molar-refractivity contribution in [2.24, 2.45) is 0 Å². The van der Waals surface area contributed by atoms with E-state index in [1.807, 2.05) is 6.92 Å². The molecule has 2 aromatic carbocycles. The molecule has 0 fully saturated rings. The highest BCUT2D eigenvalue weighted by molar-refractivity contribution is 7.80. The number of hydrogen-bond acceptors (Lipinski definition) is 6. The molecule has 1 unspecified atom stereocenters. The quantitative estimate of drug-likeness (QED) is 0.289. The van der Waals surface area contributed by atoms with E-state index in [4.69, 9.17) is 33.3 Å². The van der Waals surface area contributed by atoms with Gasteiger partial charge in [0.1, 0.15) is 6.29 Å². The minimum atomic E-state index is -0.518. The summed E-state index contributed by atoms with van der Waals surface area (Å²) in [6, 6.07) is 7.10. The largest absolute Gasteiger partial charge is 0.504 e. The molecule has 0 heterocycles. The molecule has 28 heavy (non-hydrogen) atoms. The molecule has 2 aromatic rings. The van der Waals surface area contributed by atoms with Crippen molar-refractivity contribution in [1.29, 1.82) is 0 Å². The number of hydrogen-bond donors (Lipinski definition) is 4. The molecule has 0 aliphatic heterocycles. The second-order valence-electron chi connectivity index (χ2n) is 6.00. The number of methoxy groups -OCH3 is 1. The third-order valence-electron chi connectivity index (χ3n) is 3.74. The molecule has 4 N–H and O–H groups in total. The van der Waals surface area contributed by atoms with Crippen LogP contribution in [0, 0.1) is 6.92 Å². The van der Waals surface area contributed by atoms with E-state index < -0.39 is 6.04 Å². The molecule has 0 spiro atoms. The Morgan fingerprint density at radius 3 is 2.61 bits per heavy atom. The maximum absolute atomic E-state index is 11.1. The number of carbonyl (C=O) groups is 1. The van der Waals surface area contributed by atoms with E-state index in [0.717, 1.165) is 11.8 Å². The number of rotatable bonds is 8. The number of phenolic OH excluding ortho intramolecular Hbond substituents is 2. The summed E-state index contributed by atoms with van der Waals surface area (Å²) in [5, 5.41) is 26.2. The van der Waals surface area contributed by atoms with Crippen LogP contribution >= 0.6 is 23.8 Å². The summed E-state index contributed by atoms with van der Waals surface area (Å²) in [5.41, 5.74) is 1.22. The van der Waals surface area contributed by atoms with Crippen molar-refractivity contribution in [1.82, 2.24) is 5.32 Å². The number of ether oxygens (including phenoxy) is 2. The first-order valence-corrected chi connectivity index (χ1v) is 9.14. The van der Waals surface area contributed by atoms with Gasteiger partial charge in [0.05, 0.1) is 16.8 Å². The van der Waals surface area contributed by atoms with E-state index >= 15 is 0 Å². The molecule has 0 bridgehead atoms. The predicted molar refractivity (Wildman–Crippen MR) is 112 cm³/mol. The Hall–Kier alpha value is -2.55. The van der Waals surface area contributed by atoms with Gasteiger partial charge in [-0.25, -0.2) is 0 Å². The van der Waals surface area contributed by atoms with Crippen LogP contribution in [0.5, 0.6) is 23.0 Å². The lowest BCUT2D eigenvalue weighted by molar-refractivity contribution is -0.109. The fourth-order valence-corrected chi connectivity index (χ4v) is 2.76. The van der Waals surface area contributed by atoms with Crippen LogP contribution < -0.4 is 15.4 Å². The monoisotopic (exact) mass is 424 g/mol. The summed E-state index contributed by atoms with van der Waals surface area (Å²) in [6.45, 7) is 2.23. The van der Waals surface area contributed by atoms with E-state index in [0.29, 0.717) is 18.7 Å². The molecular weight excluding hydrogens is 404 g/mol. The zero-order chi connectivity index (χ0) is 20.7. The van der Waals surface area contributed by atoms with E-state index in [2.05, 4.69) is 10.6 Å². The fraction of sp³-hybridized carbons (Fsp3) is 0.263. The maximum Gasteiger partial charge on any atom is 0.171 e. The Bertz CT molecular complexity index is 862. The Morgan fingerprint density at radius 1 is 1.25 bits per heavy atom. The summed E-state index contributed by atoms with van der Waals surface area (Å²) in [6.07, 6.45) is 1.19. The van der Waals surface area contributed by atoms with Crippen LogP contribution in [0.25, 0.3) is 0 Å². The summed E-state index contributed by atoms with van der Waals surface area (Å²) in [7, 11) is 1.54. The van der Waals surface area contributed by atoms with Crippen LogP contribution in [0.15, 0.2) is 30.3 Å². The fourth-order valence-electron chi connectivity index (χ4n) is 2.30. The Balaban J connectivity index is 2.16. The van der Waals surface area contributed by atoms with E-state index in [1.54, 1.807) is 25.3 Å². The van der Waals surface area contributed by atoms with Gasteiger partial charge in [0.25, 0.3) is 0 Å². The average molecular weight is 425 g/mol. The van der Waals surface area contributed by atoms with E-state index in [1.165, 1.54) is 12.1 Å². The van der Waals surface area contributed by atoms with E-state index in [-0.39, 0.29) is 33.1 Å². The van der Waals surface area contributed by atoms with Crippen LogP contribution in [0.1, 0.15) is 12.0 Å². The minimum Gasteiger partial charge on any atom is -0.504 e. The van der Waals surface area contributed by atoms with Gasteiger partial charge in [-0.15, -0.1) is 0 Å². The van der Waals surface area contributed by atoms with Gasteiger partial charge in [-0.2, -0.15) is 0 Å². The van der Waals surface area contributed by atoms with Crippen molar-refractivity contribution >= 4 is 40.9 Å². The lowest BCUT2D eigenvalue weighted by atomic mass is 10.2. The van der Waals surface area contributed by atoms with Gasteiger partial charge in [0.15, 0.2) is 28.1 Å². The first-order chi connectivity index (χ1) is 13.3. The van der Waals surface area contributed by atoms with Gasteiger partial charge in [-0.3, -0.25) is 0 Å². The lowest BCUT2D eigenvalue weighted by Gasteiger charge is -2.17. The molecule has 9 heteroatoms. The summed E-state index contributed by atoms with van der Waals surface area (Å²) >= 11 is 11.4. The van der Waals surface area contributed by atoms with Crippen molar-refractivity contribution in [3.63, 3.8) is 0 Å². The van der Waals surface area contributed by atoms with Crippen molar-refractivity contribution in [2.75, 3.05) is 19.0 Å².